The molecule has 0 N–H and O–H groups in total. The van der Waals surface area contributed by atoms with E-state index >= 15 is 0 Å². The lowest BCUT2D eigenvalue weighted by Gasteiger charge is -2.10. The van der Waals surface area contributed by atoms with Crippen LogP contribution in [0.3, 0.4) is 0 Å². The average Bonchev–Trinajstić information content (AvgIpc) is 3.16. The van der Waals surface area contributed by atoms with Crippen LogP contribution in [0.25, 0.3) is 11.0 Å². The predicted molar refractivity (Wildman–Crippen MR) is 128 cm³/mol. The summed E-state index contributed by atoms with van der Waals surface area (Å²) in [6.45, 7) is 1.61. The summed E-state index contributed by atoms with van der Waals surface area (Å²) in [6, 6.07) is 24.0. The number of rotatable bonds is 10. The van der Waals surface area contributed by atoms with Crippen LogP contribution in [-0.2, 0) is 12.3 Å². The number of hydrogen-bond donors (Lipinski definition) is 0. The summed E-state index contributed by atoms with van der Waals surface area (Å²) < 4.78 is 13.4. The van der Waals surface area contributed by atoms with Crippen molar-refractivity contribution in [1.29, 1.82) is 0 Å². The van der Waals surface area contributed by atoms with Crippen LogP contribution in [0.4, 0.5) is 0 Å². The summed E-state index contributed by atoms with van der Waals surface area (Å²) in [7, 11) is 1.66. The number of hydrogen-bond acceptors (Lipinski definition) is 4. The van der Waals surface area contributed by atoms with Crippen molar-refractivity contribution in [3.63, 3.8) is 0 Å². The summed E-state index contributed by atoms with van der Waals surface area (Å²) in [5, 5.41) is 0.758. The third-order valence-corrected chi connectivity index (χ3v) is 6.28. The fraction of sp³-hybridized carbons (Fsp3) is 0.240. The van der Waals surface area contributed by atoms with Crippen LogP contribution in [-0.4, -0.2) is 23.3 Å². The Bertz CT molecular complexity index is 1110. The van der Waals surface area contributed by atoms with Crippen molar-refractivity contribution in [1.82, 2.24) is 9.55 Å². The molecule has 0 aliphatic rings. The van der Waals surface area contributed by atoms with Crippen molar-refractivity contribution in [2.45, 2.75) is 30.0 Å². The minimum absolute atomic E-state index is 0.688. The number of aryl methyl sites for hydroxylation is 1. The molecule has 0 radical (unpaired) electrons. The molecule has 0 aliphatic heterocycles. The van der Waals surface area contributed by atoms with E-state index in [0.717, 1.165) is 53.0 Å². The van der Waals surface area contributed by atoms with E-state index in [1.165, 1.54) is 10.4 Å². The van der Waals surface area contributed by atoms with E-state index < -0.39 is 0 Å². The second kappa shape index (κ2) is 10.6. The highest BCUT2D eigenvalue weighted by Crippen LogP contribution is 2.26. The molecule has 0 saturated carbocycles. The molecule has 0 fully saturated rings. The van der Waals surface area contributed by atoms with Crippen LogP contribution in [0.15, 0.2) is 77.7 Å². The van der Waals surface area contributed by atoms with Gasteiger partial charge in [0.05, 0.1) is 30.5 Å². The lowest BCUT2D eigenvalue weighted by atomic mass is 10.3. The van der Waals surface area contributed by atoms with Gasteiger partial charge in [0.2, 0.25) is 0 Å². The van der Waals surface area contributed by atoms with Gasteiger partial charge in [-0.2, -0.15) is 0 Å². The Balaban J connectivity index is 1.35. The highest BCUT2D eigenvalue weighted by molar-refractivity contribution is 7.98. The van der Waals surface area contributed by atoms with Gasteiger partial charge in [-0.3, -0.25) is 0 Å². The number of ether oxygens (including phenoxy) is 2. The van der Waals surface area contributed by atoms with Crippen molar-refractivity contribution in [3.05, 3.63) is 83.6 Å². The maximum absolute atomic E-state index is 6.00. The standard InChI is InChI=1S/C25H25ClN2O2S/c1-29-20-10-12-21(13-11-20)30-17-5-4-16-28-24-7-3-2-6-23(24)27-25(28)18-31-22-14-8-19(26)9-15-22/h2-3,6-15H,4-5,16-18H2,1H3. The van der Waals surface area contributed by atoms with Crippen molar-refractivity contribution in [2.75, 3.05) is 13.7 Å². The second-order valence-electron chi connectivity index (χ2n) is 7.14. The SMILES string of the molecule is COc1ccc(OCCCCn2c(CSc3ccc(Cl)cc3)nc3ccccc32)cc1. The molecule has 4 aromatic rings. The molecule has 1 heterocycles. The molecule has 4 rings (SSSR count). The lowest BCUT2D eigenvalue weighted by Crippen LogP contribution is -2.05. The van der Waals surface area contributed by atoms with Gasteiger partial charge in [0.25, 0.3) is 0 Å². The van der Waals surface area contributed by atoms with E-state index in [-0.39, 0.29) is 0 Å². The first kappa shape index (κ1) is 21.6. The topological polar surface area (TPSA) is 36.3 Å². The van der Waals surface area contributed by atoms with Crippen LogP contribution in [0.5, 0.6) is 11.5 Å². The summed E-state index contributed by atoms with van der Waals surface area (Å²) >= 11 is 7.78. The first-order valence-corrected chi connectivity index (χ1v) is 11.7. The normalized spacial score (nSPS) is 11.0. The van der Waals surface area contributed by atoms with Gasteiger partial charge in [0.1, 0.15) is 17.3 Å². The molecule has 3 aromatic carbocycles. The van der Waals surface area contributed by atoms with Gasteiger partial charge in [0, 0.05) is 16.5 Å². The molecule has 0 amide bonds. The summed E-state index contributed by atoms with van der Waals surface area (Å²) in [4.78, 5) is 6.07. The minimum Gasteiger partial charge on any atom is -0.497 e. The van der Waals surface area contributed by atoms with Crippen LogP contribution < -0.4 is 9.47 Å². The number of imidazole rings is 1. The molecule has 1 aromatic heterocycles. The molecule has 0 saturated heterocycles. The number of aromatic nitrogens is 2. The first-order chi connectivity index (χ1) is 15.2. The number of fused-ring (bicyclic) bond motifs is 1. The number of thioether (sulfide) groups is 1. The molecule has 160 valence electrons. The number of methoxy groups -OCH3 is 1. The average molecular weight is 453 g/mol. The monoisotopic (exact) mass is 452 g/mol. The maximum Gasteiger partial charge on any atom is 0.120 e. The number of benzene rings is 3. The Morgan fingerprint density at radius 1 is 0.903 bits per heavy atom. The Labute approximate surface area is 192 Å². The second-order valence-corrected chi connectivity index (χ2v) is 8.63. The van der Waals surface area contributed by atoms with Crippen molar-refractivity contribution in [2.24, 2.45) is 0 Å². The van der Waals surface area contributed by atoms with Crippen LogP contribution >= 0.6 is 23.4 Å². The highest BCUT2D eigenvalue weighted by atomic mass is 35.5. The smallest absolute Gasteiger partial charge is 0.120 e. The largest absolute Gasteiger partial charge is 0.497 e. The molecular formula is C25H25ClN2O2S. The van der Waals surface area contributed by atoms with E-state index in [1.807, 2.05) is 42.5 Å². The van der Waals surface area contributed by atoms with E-state index in [1.54, 1.807) is 18.9 Å². The van der Waals surface area contributed by atoms with E-state index in [9.17, 15) is 0 Å². The van der Waals surface area contributed by atoms with E-state index in [2.05, 4.69) is 34.9 Å². The maximum atomic E-state index is 6.00. The number of nitrogens with zero attached hydrogens (tertiary/aromatic N) is 2. The molecule has 0 unspecified atom stereocenters. The Hall–Kier alpha value is -2.63. The lowest BCUT2D eigenvalue weighted by molar-refractivity contribution is 0.302. The fourth-order valence-corrected chi connectivity index (χ4v) is 4.37. The molecule has 4 nitrogen and oxygen atoms in total. The fourth-order valence-electron chi connectivity index (χ4n) is 3.40. The van der Waals surface area contributed by atoms with E-state index in [4.69, 9.17) is 26.1 Å². The number of unbranched alkanes of at least 4 members (excludes halogenated alkanes) is 1. The van der Waals surface area contributed by atoms with Gasteiger partial charge < -0.3 is 14.0 Å². The zero-order valence-corrected chi connectivity index (χ0v) is 19.0. The number of para-hydroxylation sites is 2. The quantitative estimate of drug-likeness (QED) is 0.195. The van der Waals surface area contributed by atoms with E-state index in [0.29, 0.717) is 6.61 Å². The Morgan fingerprint density at radius 3 is 2.42 bits per heavy atom. The zero-order chi connectivity index (χ0) is 21.5. The third kappa shape index (κ3) is 5.75. The molecular weight excluding hydrogens is 428 g/mol. The summed E-state index contributed by atoms with van der Waals surface area (Å²) in [5.74, 6) is 3.62. The Morgan fingerprint density at radius 2 is 1.65 bits per heavy atom. The zero-order valence-electron chi connectivity index (χ0n) is 17.5. The van der Waals surface area contributed by atoms with Gasteiger partial charge in [-0.25, -0.2) is 4.98 Å². The summed E-state index contributed by atoms with van der Waals surface area (Å²) in [6.07, 6.45) is 2.00. The number of halogens is 1. The van der Waals surface area contributed by atoms with Gasteiger partial charge in [-0.05, 0) is 73.5 Å². The highest BCUT2D eigenvalue weighted by Gasteiger charge is 2.11. The molecule has 0 atom stereocenters. The van der Waals surface area contributed by atoms with Crippen molar-refractivity contribution in [3.8, 4) is 11.5 Å². The van der Waals surface area contributed by atoms with Gasteiger partial charge in [-0.15, -0.1) is 11.8 Å². The molecule has 0 bridgehead atoms. The predicted octanol–water partition coefficient (Wildman–Crippen LogP) is 6.85. The minimum atomic E-state index is 0.688. The first-order valence-electron chi connectivity index (χ1n) is 10.3. The van der Waals surface area contributed by atoms with Gasteiger partial charge in [0.15, 0.2) is 0 Å². The van der Waals surface area contributed by atoms with Crippen LogP contribution in [0, 0.1) is 0 Å². The molecule has 0 spiro atoms. The molecule has 6 heteroatoms. The molecule has 0 aliphatic carbocycles. The Kier molecular flexibility index (Phi) is 7.39. The third-order valence-electron chi connectivity index (χ3n) is 5.02. The van der Waals surface area contributed by atoms with Crippen molar-refractivity contribution >= 4 is 34.4 Å². The van der Waals surface area contributed by atoms with Crippen molar-refractivity contribution < 1.29 is 9.47 Å². The van der Waals surface area contributed by atoms with Gasteiger partial charge in [-0.1, -0.05) is 23.7 Å². The van der Waals surface area contributed by atoms with Gasteiger partial charge >= 0.3 is 0 Å². The van der Waals surface area contributed by atoms with Crippen LogP contribution in [0.2, 0.25) is 5.02 Å². The summed E-state index contributed by atoms with van der Waals surface area (Å²) in [5.41, 5.74) is 2.23. The van der Waals surface area contributed by atoms with Crippen LogP contribution in [0.1, 0.15) is 18.7 Å². The molecule has 31 heavy (non-hydrogen) atoms.